The topological polar surface area (TPSA) is 46.5 Å². The second-order valence-corrected chi connectivity index (χ2v) is 5.05. The van der Waals surface area contributed by atoms with Crippen molar-refractivity contribution in [2.24, 2.45) is 0 Å². The number of carbonyl (C=O) groups is 1. The van der Waals surface area contributed by atoms with Crippen LogP contribution in [0.15, 0.2) is 18.2 Å². The van der Waals surface area contributed by atoms with Crippen LogP contribution in [0.25, 0.3) is 0 Å². The second kappa shape index (κ2) is 9.40. The summed E-state index contributed by atoms with van der Waals surface area (Å²) in [6.07, 6.45) is 8.10. The van der Waals surface area contributed by atoms with Crippen LogP contribution in [0.2, 0.25) is 0 Å². The van der Waals surface area contributed by atoms with E-state index in [0.717, 1.165) is 18.4 Å². The smallest absolute Gasteiger partial charge is 0.341 e. The van der Waals surface area contributed by atoms with Gasteiger partial charge in [0, 0.05) is 0 Å². The van der Waals surface area contributed by atoms with Gasteiger partial charge < -0.3 is 9.84 Å². The molecule has 112 valence electrons. The Balaban J connectivity index is 2.50. The number of carbonyl (C=O) groups excluding carboxylic acids is 1. The molecule has 0 aliphatic heterocycles. The Hall–Kier alpha value is -1.51. The molecule has 0 amide bonds. The van der Waals surface area contributed by atoms with E-state index in [9.17, 15) is 9.90 Å². The Kier molecular flexibility index (Phi) is 7.78. The van der Waals surface area contributed by atoms with Gasteiger partial charge in [-0.3, -0.25) is 0 Å². The van der Waals surface area contributed by atoms with Crippen molar-refractivity contribution < 1.29 is 14.6 Å². The van der Waals surface area contributed by atoms with E-state index in [0.29, 0.717) is 6.61 Å². The van der Waals surface area contributed by atoms with E-state index in [2.05, 4.69) is 6.92 Å². The average Bonchev–Trinajstić information content (AvgIpc) is 2.44. The van der Waals surface area contributed by atoms with Crippen LogP contribution in [0.5, 0.6) is 5.75 Å². The summed E-state index contributed by atoms with van der Waals surface area (Å²) < 4.78 is 4.93. The minimum Gasteiger partial charge on any atom is -0.507 e. The molecule has 0 heterocycles. The number of unbranched alkanes of at least 4 members (excludes halogenated alkanes) is 5. The monoisotopic (exact) mass is 278 g/mol. The lowest BCUT2D eigenvalue weighted by atomic mass is 10.0. The number of ether oxygens (including phenoxy) is 1. The molecule has 0 saturated carbocycles. The largest absolute Gasteiger partial charge is 0.507 e. The van der Waals surface area contributed by atoms with Crippen LogP contribution >= 0.6 is 0 Å². The third-order valence-corrected chi connectivity index (χ3v) is 3.41. The van der Waals surface area contributed by atoms with Gasteiger partial charge in [0.2, 0.25) is 0 Å². The van der Waals surface area contributed by atoms with E-state index in [1.165, 1.54) is 32.1 Å². The van der Waals surface area contributed by atoms with Gasteiger partial charge in [0.25, 0.3) is 0 Å². The molecule has 3 heteroatoms. The molecule has 0 spiro atoms. The summed E-state index contributed by atoms with van der Waals surface area (Å²) in [6, 6.07) is 5.29. The summed E-state index contributed by atoms with van der Waals surface area (Å²) in [5.74, 6) is -0.366. The quantitative estimate of drug-likeness (QED) is 0.535. The molecular formula is C17H26O3. The zero-order chi connectivity index (χ0) is 14.8. The van der Waals surface area contributed by atoms with Crippen molar-refractivity contribution in [2.45, 2.75) is 58.8 Å². The zero-order valence-corrected chi connectivity index (χ0v) is 12.7. The number of phenolic OH excluding ortho intramolecular Hbond substituents is 1. The van der Waals surface area contributed by atoms with Gasteiger partial charge >= 0.3 is 5.97 Å². The van der Waals surface area contributed by atoms with Crippen molar-refractivity contribution in [3.63, 3.8) is 0 Å². The fourth-order valence-electron chi connectivity index (χ4n) is 2.26. The van der Waals surface area contributed by atoms with Gasteiger partial charge in [-0.2, -0.15) is 0 Å². The number of hydrogen-bond donors (Lipinski definition) is 1. The van der Waals surface area contributed by atoms with Crippen molar-refractivity contribution in [1.29, 1.82) is 0 Å². The molecule has 0 unspecified atom stereocenters. The number of benzene rings is 1. The molecule has 0 aliphatic rings. The Bertz CT molecular complexity index is 413. The first-order chi connectivity index (χ1) is 9.70. The van der Waals surface area contributed by atoms with Gasteiger partial charge in [0.15, 0.2) is 0 Å². The highest BCUT2D eigenvalue weighted by Crippen LogP contribution is 2.25. The highest BCUT2D eigenvalue weighted by molar-refractivity contribution is 5.92. The van der Waals surface area contributed by atoms with Crippen LogP contribution in [0.4, 0.5) is 0 Å². The molecule has 1 rings (SSSR count). The zero-order valence-electron chi connectivity index (χ0n) is 12.7. The standard InChI is InChI=1S/C17H26O3/c1-3-5-6-7-8-9-11-14-12-10-13-15(16(14)18)17(19)20-4-2/h10,12-13,18H,3-9,11H2,1-2H3. The second-order valence-electron chi connectivity index (χ2n) is 5.05. The molecule has 20 heavy (non-hydrogen) atoms. The molecule has 3 nitrogen and oxygen atoms in total. The van der Waals surface area contributed by atoms with Gasteiger partial charge in [0.1, 0.15) is 11.3 Å². The van der Waals surface area contributed by atoms with E-state index in [4.69, 9.17) is 4.74 Å². The predicted molar refractivity (Wildman–Crippen MR) is 81.1 cm³/mol. The van der Waals surface area contributed by atoms with Gasteiger partial charge in [-0.1, -0.05) is 51.2 Å². The average molecular weight is 278 g/mol. The van der Waals surface area contributed by atoms with Crippen molar-refractivity contribution in [1.82, 2.24) is 0 Å². The summed E-state index contributed by atoms with van der Waals surface area (Å²) in [5, 5.41) is 10.1. The predicted octanol–water partition coefficient (Wildman–Crippen LogP) is 4.47. The first-order valence-electron chi connectivity index (χ1n) is 7.68. The number of para-hydroxylation sites is 1. The van der Waals surface area contributed by atoms with Gasteiger partial charge in [-0.25, -0.2) is 4.79 Å². The van der Waals surface area contributed by atoms with Crippen LogP contribution in [0.1, 0.15) is 68.3 Å². The molecular weight excluding hydrogens is 252 g/mol. The fourth-order valence-corrected chi connectivity index (χ4v) is 2.26. The Labute approximate surface area is 122 Å². The summed E-state index contributed by atoms with van der Waals surface area (Å²) in [4.78, 5) is 11.7. The lowest BCUT2D eigenvalue weighted by Crippen LogP contribution is -2.05. The molecule has 0 radical (unpaired) electrons. The fraction of sp³-hybridized carbons (Fsp3) is 0.588. The lowest BCUT2D eigenvalue weighted by molar-refractivity contribution is 0.0523. The van der Waals surface area contributed by atoms with Crippen molar-refractivity contribution in [3.8, 4) is 5.75 Å². The number of rotatable bonds is 9. The SMILES string of the molecule is CCCCCCCCc1cccc(C(=O)OCC)c1O. The highest BCUT2D eigenvalue weighted by Gasteiger charge is 2.14. The van der Waals surface area contributed by atoms with Crippen LogP contribution in [0.3, 0.4) is 0 Å². The molecule has 1 N–H and O–H groups in total. The number of esters is 1. The molecule has 0 atom stereocenters. The van der Waals surface area contributed by atoms with Crippen molar-refractivity contribution >= 4 is 5.97 Å². The molecule has 0 fully saturated rings. The van der Waals surface area contributed by atoms with Crippen molar-refractivity contribution in [2.75, 3.05) is 6.61 Å². The van der Waals surface area contributed by atoms with Crippen LogP contribution in [0, 0.1) is 0 Å². The third-order valence-electron chi connectivity index (χ3n) is 3.41. The normalized spacial score (nSPS) is 10.5. The van der Waals surface area contributed by atoms with Gasteiger partial charge in [0.05, 0.1) is 6.61 Å². The highest BCUT2D eigenvalue weighted by atomic mass is 16.5. The van der Waals surface area contributed by atoms with E-state index >= 15 is 0 Å². The van der Waals surface area contributed by atoms with E-state index in [1.54, 1.807) is 19.1 Å². The lowest BCUT2D eigenvalue weighted by Gasteiger charge is -2.09. The van der Waals surface area contributed by atoms with Crippen molar-refractivity contribution in [3.05, 3.63) is 29.3 Å². The number of phenols is 1. The maximum Gasteiger partial charge on any atom is 0.341 e. The summed E-state index contributed by atoms with van der Waals surface area (Å²) >= 11 is 0. The summed E-state index contributed by atoms with van der Waals surface area (Å²) in [5.41, 5.74) is 1.11. The Morgan fingerprint density at radius 1 is 1.10 bits per heavy atom. The van der Waals surface area contributed by atoms with E-state index in [-0.39, 0.29) is 11.3 Å². The molecule has 0 bridgehead atoms. The van der Waals surface area contributed by atoms with Crippen LogP contribution < -0.4 is 0 Å². The minimum absolute atomic E-state index is 0.0829. The van der Waals surface area contributed by atoms with E-state index in [1.807, 2.05) is 6.07 Å². The summed E-state index contributed by atoms with van der Waals surface area (Å²) in [7, 11) is 0. The minimum atomic E-state index is -0.449. The van der Waals surface area contributed by atoms with Crippen LogP contribution in [-0.2, 0) is 11.2 Å². The Morgan fingerprint density at radius 3 is 2.50 bits per heavy atom. The maximum atomic E-state index is 11.7. The molecule has 0 aliphatic carbocycles. The molecule has 0 saturated heterocycles. The number of hydrogen-bond acceptors (Lipinski definition) is 3. The van der Waals surface area contributed by atoms with Gasteiger partial charge in [-0.15, -0.1) is 0 Å². The first kappa shape index (κ1) is 16.5. The molecule has 1 aromatic rings. The van der Waals surface area contributed by atoms with E-state index < -0.39 is 5.97 Å². The number of aryl methyl sites for hydroxylation is 1. The molecule has 1 aromatic carbocycles. The molecule has 0 aromatic heterocycles. The number of aromatic hydroxyl groups is 1. The summed E-state index contributed by atoms with van der Waals surface area (Å²) in [6.45, 7) is 4.29. The van der Waals surface area contributed by atoms with Gasteiger partial charge in [-0.05, 0) is 31.4 Å². The Morgan fingerprint density at radius 2 is 1.80 bits per heavy atom. The first-order valence-corrected chi connectivity index (χ1v) is 7.68. The third kappa shape index (κ3) is 5.24. The maximum absolute atomic E-state index is 11.7. The van der Waals surface area contributed by atoms with Crippen LogP contribution in [-0.4, -0.2) is 17.7 Å².